The van der Waals surface area contributed by atoms with Gasteiger partial charge >= 0.3 is 0 Å². The summed E-state index contributed by atoms with van der Waals surface area (Å²) in [5.41, 5.74) is 6.48. The van der Waals surface area contributed by atoms with Gasteiger partial charge in [0, 0.05) is 6.04 Å². The third kappa shape index (κ3) is 2.32. The van der Waals surface area contributed by atoms with Crippen molar-refractivity contribution in [1.29, 1.82) is 5.53 Å². The molecule has 0 radical (unpaired) electrons. The number of nitrogens with one attached hydrogen (secondary N) is 2. The lowest BCUT2D eigenvalue weighted by Crippen LogP contribution is -2.42. The summed E-state index contributed by atoms with van der Waals surface area (Å²) in [5.74, 6) is 0. The number of carboxylic acid groups (broad SMARTS) is 1. The van der Waals surface area contributed by atoms with Crippen molar-refractivity contribution in [2.75, 3.05) is 0 Å². The van der Waals surface area contributed by atoms with Gasteiger partial charge in [-0.1, -0.05) is 0 Å². The average molecular weight is 170 g/mol. The first-order valence-electron chi connectivity index (χ1n) is 3.76. The number of nitrogens with zero attached hydrogens (tertiary/aromatic N) is 2. The molecule has 1 rings (SSSR count). The van der Waals surface area contributed by atoms with E-state index in [1.807, 2.05) is 0 Å². The molecule has 1 saturated carbocycles. The molecule has 0 aromatic heterocycles. The fourth-order valence-corrected chi connectivity index (χ4v) is 1.44. The third-order valence-electron chi connectivity index (χ3n) is 1.95. The van der Waals surface area contributed by atoms with Crippen molar-refractivity contribution in [3.63, 3.8) is 0 Å². The predicted octanol–water partition coefficient (Wildman–Crippen LogP) is -0.609. The van der Waals surface area contributed by atoms with Gasteiger partial charge < -0.3 is 15.2 Å². The van der Waals surface area contributed by atoms with E-state index in [4.69, 9.17) is 5.53 Å². The Morgan fingerprint density at radius 2 is 2.42 bits per heavy atom. The Balaban J connectivity index is 2.35. The normalized spacial score (nSPS) is 27.7. The van der Waals surface area contributed by atoms with Gasteiger partial charge in [-0.05, 0) is 19.3 Å². The molecule has 12 heavy (non-hydrogen) atoms. The van der Waals surface area contributed by atoms with Crippen molar-refractivity contribution in [2.45, 2.75) is 31.3 Å². The molecule has 2 unspecified atom stereocenters. The minimum atomic E-state index is -1.25. The second kappa shape index (κ2) is 3.82. The number of carbonyl (C=O) groups excluding carboxylic acids is 1. The van der Waals surface area contributed by atoms with Gasteiger partial charge in [-0.25, -0.2) is 0 Å². The highest BCUT2D eigenvalue weighted by Gasteiger charge is 2.27. The SMILES string of the molecule is N=[N+]=NC1CCC(NC(=O)[O-])C1. The Morgan fingerprint density at radius 3 is 3.00 bits per heavy atom. The van der Waals surface area contributed by atoms with Crippen LogP contribution in [0.4, 0.5) is 4.79 Å². The zero-order valence-corrected chi connectivity index (χ0v) is 6.49. The molecule has 0 heterocycles. The molecule has 0 aromatic carbocycles. The molecule has 1 aliphatic rings. The van der Waals surface area contributed by atoms with E-state index in [0.29, 0.717) is 6.42 Å². The van der Waals surface area contributed by atoms with E-state index >= 15 is 0 Å². The lowest BCUT2D eigenvalue weighted by Gasteiger charge is -2.12. The summed E-state index contributed by atoms with van der Waals surface area (Å²) in [7, 11) is 0. The molecular formula is C6H10N4O2. The first-order chi connectivity index (χ1) is 5.72. The Bertz CT molecular complexity index is 224. The second-order valence-electron chi connectivity index (χ2n) is 2.81. The van der Waals surface area contributed by atoms with Crippen molar-refractivity contribution in [3.8, 4) is 0 Å². The van der Waals surface area contributed by atoms with Gasteiger partial charge in [0.25, 0.3) is 0 Å². The van der Waals surface area contributed by atoms with Crippen molar-refractivity contribution in [1.82, 2.24) is 10.2 Å². The Hall–Kier alpha value is -1.42. The molecule has 1 aliphatic carbocycles. The molecule has 1 amide bonds. The molecule has 0 spiro atoms. The van der Waals surface area contributed by atoms with Crippen LogP contribution in [0.2, 0.25) is 0 Å². The highest BCUT2D eigenvalue weighted by molar-refractivity contribution is 5.62. The predicted molar refractivity (Wildman–Crippen MR) is 37.2 cm³/mol. The second-order valence-corrected chi connectivity index (χ2v) is 2.81. The molecule has 66 valence electrons. The van der Waals surface area contributed by atoms with E-state index in [1.54, 1.807) is 0 Å². The van der Waals surface area contributed by atoms with E-state index in [9.17, 15) is 9.90 Å². The van der Waals surface area contributed by atoms with E-state index in [1.165, 1.54) is 0 Å². The van der Waals surface area contributed by atoms with Gasteiger partial charge in [0.2, 0.25) is 4.91 Å². The minimum Gasteiger partial charge on any atom is -0.530 e. The zero-order valence-electron chi connectivity index (χ0n) is 6.49. The largest absolute Gasteiger partial charge is 0.530 e. The quantitative estimate of drug-likeness (QED) is 0.426. The maximum Gasteiger partial charge on any atom is 0.214 e. The number of rotatable bonds is 2. The molecule has 0 saturated heterocycles. The highest BCUT2D eigenvalue weighted by atomic mass is 16.4. The van der Waals surface area contributed by atoms with Crippen LogP contribution in [0.5, 0.6) is 0 Å². The summed E-state index contributed by atoms with van der Waals surface area (Å²) in [6.45, 7) is 0. The van der Waals surface area contributed by atoms with Gasteiger partial charge in [-0.3, -0.25) is 0 Å². The maximum absolute atomic E-state index is 10.1. The fourth-order valence-electron chi connectivity index (χ4n) is 1.44. The lowest BCUT2D eigenvalue weighted by molar-refractivity contribution is -0.251. The monoisotopic (exact) mass is 170 g/mol. The summed E-state index contributed by atoms with van der Waals surface area (Å²) >= 11 is 0. The van der Waals surface area contributed by atoms with Gasteiger partial charge in [0.1, 0.15) is 22.8 Å². The molecule has 0 bridgehead atoms. The number of hydrogen-bond acceptors (Lipinski definition) is 4. The van der Waals surface area contributed by atoms with Crippen LogP contribution in [-0.2, 0) is 0 Å². The van der Waals surface area contributed by atoms with Crippen molar-refractivity contribution >= 4 is 6.09 Å². The van der Waals surface area contributed by atoms with Gasteiger partial charge in [-0.15, -0.1) is 0 Å². The van der Waals surface area contributed by atoms with Crippen molar-refractivity contribution in [2.24, 2.45) is 5.11 Å². The zero-order chi connectivity index (χ0) is 8.97. The molecule has 0 aliphatic heterocycles. The van der Waals surface area contributed by atoms with Crippen LogP contribution in [0.3, 0.4) is 0 Å². The maximum atomic E-state index is 10.1. The molecule has 2 atom stereocenters. The smallest absolute Gasteiger partial charge is 0.214 e. The highest BCUT2D eigenvalue weighted by Crippen LogP contribution is 2.21. The molecule has 2 N–H and O–H groups in total. The topological polar surface area (TPSA) is 102 Å². The molecule has 0 aromatic rings. The summed E-state index contributed by atoms with van der Waals surface area (Å²) in [6.07, 6.45) is 0.907. The first kappa shape index (κ1) is 8.67. The van der Waals surface area contributed by atoms with Gasteiger partial charge in [-0.2, -0.15) is 0 Å². The van der Waals surface area contributed by atoms with Gasteiger partial charge in [0.15, 0.2) is 0 Å². The fraction of sp³-hybridized carbons (Fsp3) is 0.833. The van der Waals surface area contributed by atoms with E-state index in [2.05, 4.69) is 15.3 Å². The minimum absolute atomic E-state index is 0.000602. The Kier molecular flexibility index (Phi) is 2.76. The summed E-state index contributed by atoms with van der Waals surface area (Å²) in [6, 6.07) is -0.0788. The van der Waals surface area contributed by atoms with Crippen LogP contribution in [-0.4, -0.2) is 18.2 Å². The standard InChI is InChI=1S/C6H10N4O2/c7-10-9-5-2-1-4(3-5)8-6(11)12/h4-5,7-8H,1-3H2. The summed E-state index contributed by atoms with van der Waals surface area (Å²) < 4.78 is 0. The average Bonchev–Trinajstić information content (AvgIpc) is 2.36. The third-order valence-corrected chi connectivity index (χ3v) is 1.95. The number of hydrogen-bond donors (Lipinski definition) is 2. The van der Waals surface area contributed by atoms with Crippen molar-refractivity contribution in [3.05, 3.63) is 0 Å². The van der Waals surface area contributed by atoms with Crippen LogP contribution in [0.25, 0.3) is 0 Å². The molecule has 1 fully saturated rings. The summed E-state index contributed by atoms with van der Waals surface area (Å²) in [5, 5.41) is 16.0. The number of amides is 1. The van der Waals surface area contributed by atoms with Crippen LogP contribution < -0.4 is 15.3 Å². The van der Waals surface area contributed by atoms with Crippen LogP contribution in [0.15, 0.2) is 5.11 Å². The van der Waals surface area contributed by atoms with Crippen LogP contribution in [0, 0.1) is 5.53 Å². The van der Waals surface area contributed by atoms with E-state index in [-0.39, 0.29) is 12.1 Å². The van der Waals surface area contributed by atoms with E-state index in [0.717, 1.165) is 12.8 Å². The van der Waals surface area contributed by atoms with E-state index < -0.39 is 6.09 Å². The Labute approximate surface area is 69.2 Å². The van der Waals surface area contributed by atoms with Crippen LogP contribution >= 0.6 is 0 Å². The molecule has 6 nitrogen and oxygen atoms in total. The lowest BCUT2D eigenvalue weighted by atomic mass is 10.2. The molecule has 6 heteroatoms. The molecular weight excluding hydrogens is 160 g/mol. The number of carbonyl (C=O) groups is 1. The van der Waals surface area contributed by atoms with Crippen LogP contribution in [0.1, 0.15) is 19.3 Å². The Morgan fingerprint density at radius 1 is 1.67 bits per heavy atom. The van der Waals surface area contributed by atoms with Crippen molar-refractivity contribution < 1.29 is 9.90 Å². The first-order valence-corrected chi connectivity index (χ1v) is 3.76. The summed E-state index contributed by atoms with van der Waals surface area (Å²) in [4.78, 5) is 13.0. The van der Waals surface area contributed by atoms with Gasteiger partial charge in [0.05, 0.1) is 0 Å².